The maximum absolute atomic E-state index is 12.8. The Morgan fingerprint density at radius 2 is 0.527 bits per heavy atom. The van der Waals surface area contributed by atoms with Gasteiger partial charge in [-0.1, -0.05) is 259 Å². The molecule has 1 unspecified atom stereocenters. The van der Waals surface area contributed by atoms with Crippen molar-refractivity contribution in [3.8, 4) is 0 Å². The Morgan fingerprint density at radius 1 is 0.284 bits per heavy atom. The number of carbonyl (C=O) groups excluding carboxylic acids is 3. The Balaban J connectivity index is 4.20. The van der Waals surface area contributed by atoms with E-state index in [1.165, 1.54) is 116 Å². The van der Waals surface area contributed by atoms with Crippen LogP contribution in [-0.2, 0) is 28.6 Å². The van der Waals surface area contributed by atoms with Crippen LogP contribution in [0.5, 0.6) is 0 Å². The van der Waals surface area contributed by atoms with Crippen LogP contribution in [0.3, 0.4) is 0 Å². The highest BCUT2D eigenvalue weighted by atomic mass is 16.6. The molecule has 0 aliphatic heterocycles. The van der Waals surface area contributed by atoms with Crippen LogP contribution in [0, 0.1) is 0 Å². The number of rotatable bonds is 55. The first-order valence-electron chi connectivity index (χ1n) is 30.9. The highest BCUT2D eigenvalue weighted by Crippen LogP contribution is 2.15. The van der Waals surface area contributed by atoms with Gasteiger partial charge in [-0.3, -0.25) is 14.4 Å². The first-order chi connectivity index (χ1) is 36.5. The maximum Gasteiger partial charge on any atom is 0.306 e. The van der Waals surface area contributed by atoms with Crippen molar-refractivity contribution in [3.05, 3.63) is 109 Å². The second-order valence-corrected chi connectivity index (χ2v) is 20.2. The van der Waals surface area contributed by atoms with E-state index in [0.29, 0.717) is 19.3 Å². The smallest absolute Gasteiger partial charge is 0.306 e. The van der Waals surface area contributed by atoms with Crippen molar-refractivity contribution in [2.75, 3.05) is 13.2 Å². The number of esters is 3. The van der Waals surface area contributed by atoms with Gasteiger partial charge in [-0.15, -0.1) is 0 Å². The monoisotopic (exact) mass is 1030 g/mol. The van der Waals surface area contributed by atoms with Gasteiger partial charge >= 0.3 is 17.9 Å². The molecule has 6 nitrogen and oxygen atoms in total. The highest BCUT2D eigenvalue weighted by Gasteiger charge is 2.19. The molecule has 0 bridgehead atoms. The van der Waals surface area contributed by atoms with E-state index >= 15 is 0 Å². The number of carbonyl (C=O) groups is 3. The van der Waals surface area contributed by atoms with Crippen LogP contribution in [-0.4, -0.2) is 37.2 Å². The van der Waals surface area contributed by atoms with Gasteiger partial charge in [0.05, 0.1) is 0 Å². The van der Waals surface area contributed by atoms with E-state index in [-0.39, 0.29) is 31.1 Å². The average Bonchev–Trinajstić information content (AvgIpc) is 3.40. The van der Waals surface area contributed by atoms with Gasteiger partial charge in [0.15, 0.2) is 6.10 Å². The van der Waals surface area contributed by atoms with E-state index in [4.69, 9.17) is 14.2 Å². The van der Waals surface area contributed by atoms with Gasteiger partial charge in [0.2, 0.25) is 0 Å². The van der Waals surface area contributed by atoms with Crippen LogP contribution >= 0.6 is 0 Å². The van der Waals surface area contributed by atoms with Gasteiger partial charge in [-0.25, -0.2) is 0 Å². The lowest BCUT2D eigenvalue weighted by Gasteiger charge is -2.18. The summed E-state index contributed by atoms with van der Waals surface area (Å²) in [5, 5.41) is 0. The van der Waals surface area contributed by atoms with E-state index < -0.39 is 6.10 Å². The molecule has 0 fully saturated rings. The highest BCUT2D eigenvalue weighted by molar-refractivity contribution is 5.71. The second-order valence-electron chi connectivity index (χ2n) is 20.2. The molecule has 1 atom stereocenters. The lowest BCUT2D eigenvalue weighted by molar-refractivity contribution is -0.167. The number of unbranched alkanes of at least 4 members (excludes halogenated alkanes) is 26. The zero-order valence-electron chi connectivity index (χ0n) is 48.3. The van der Waals surface area contributed by atoms with Crippen molar-refractivity contribution >= 4 is 17.9 Å². The summed E-state index contributed by atoms with van der Waals surface area (Å²) in [6.45, 7) is 6.43. The second kappa shape index (κ2) is 61.6. The zero-order chi connectivity index (χ0) is 53.6. The molecule has 0 heterocycles. The molecule has 0 N–H and O–H groups in total. The molecule has 0 amide bonds. The lowest BCUT2D eigenvalue weighted by atomic mass is 10.0. The summed E-state index contributed by atoms with van der Waals surface area (Å²) in [5.41, 5.74) is 0. The molecule has 0 radical (unpaired) electrons. The van der Waals surface area contributed by atoms with Crippen LogP contribution in [0.25, 0.3) is 0 Å². The number of hydrogen-bond donors (Lipinski definition) is 0. The molecule has 422 valence electrons. The van der Waals surface area contributed by atoms with Crippen molar-refractivity contribution in [3.63, 3.8) is 0 Å². The predicted octanol–water partition coefficient (Wildman–Crippen LogP) is 21.0. The van der Waals surface area contributed by atoms with Gasteiger partial charge in [0, 0.05) is 19.3 Å². The van der Waals surface area contributed by atoms with Gasteiger partial charge in [-0.2, -0.15) is 0 Å². The van der Waals surface area contributed by atoms with Crippen LogP contribution in [0.2, 0.25) is 0 Å². The summed E-state index contributed by atoms with van der Waals surface area (Å²) in [6.07, 6.45) is 83.8. The fourth-order valence-corrected chi connectivity index (χ4v) is 8.33. The van der Waals surface area contributed by atoms with Crippen LogP contribution in [0.1, 0.15) is 284 Å². The SMILES string of the molecule is CC/C=C\C/C=C\C/C=C\C/C=C\C/C=C\C/C=C\CCCCCCCCCCCCCCC(=O)OCC(COC(=O)CCCCCCC/C=C\CCCC)OC(=O)CCCCCCC/C=C\C/C=C\CCCC. The maximum atomic E-state index is 12.8. The molecule has 0 saturated carbocycles. The summed E-state index contributed by atoms with van der Waals surface area (Å²) < 4.78 is 16.8. The Kier molecular flexibility index (Phi) is 58.3. The van der Waals surface area contributed by atoms with Gasteiger partial charge in [-0.05, 0) is 116 Å². The molecule has 74 heavy (non-hydrogen) atoms. The van der Waals surface area contributed by atoms with E-state index in [0.717, 1.165) is 128 Å². The van der Waals surface area contributed by atoms with Crippen molar-refractivity contribution in [1.29, 1.82) is 0 Å². The van der Waals surface area contributed by atoms with Gasteiger partial charge < -0.3 is 14.2 Å². The van der Waals surface area contributed by atoms with E-state index in [9.17, 15) is 14.4 Å². The third-order valence-corrected chi connectivity index (χ3v) is 13.0. The third kappa shape index (κ3) is 59.0. The molecule has 0 aliphatic carbocycles. The summed E-state index contributed by atoms with van der Waals surface area (Å²) in [4.78, 5) is 38.1. The summed E-state index contributed by atoms with van der Waals surface area (Å²) in [5.74, 6) is -0.910. The molecule has 0 aromatic heterocycles. The quantitative estimate of drug-likeness (QED) is 0.0261. The summed E-state index contributed by atoms with van der Waals surface area (Å²) in [6, 6.07) is 0. The van der Waals surface area contributed by atoms with Crippen molar-refractivity contribution in [2.24, 2.45) is 0 Å². The van der Waals surface area contributed by atoms with Crippen molar-refractivity contribution < 1.29 is 28.6 Å². The number of ether oxygens (including phenoxy) is 3. The van der Waals surface area contributed by atoms with Crippen LogP contribution < -0.4 is 0 Å². The molecule has 0 aromatic rings. The molecule has 0 rings (SSSR count). The largest absolute Gasteiger partial charge is 0.462 e. The molecule has 0 spiro atoms. The van der Waals surface area contributed by atoms with Crippen LogP contribution in [0.15, 0.2) is 109 Å². The van der Waals surface area contributed by atoms with E-state index in [1.54, 1.807) is 0 Å². The normalized spacial score (nSPS) is 12.9. The molecular formula is C68H114O6. The topological polar surface area (TPSA) is 78.9 Å². The summed E-state index contributed by atoms with van der Waals surface area (Å²) >= 11 is 0. The first kappa shape index (κ1) is 70.1. The zero-order valence-corrected chi connectivity index (χ0v) is 48.3. The fraction of sp³-hybridized carbons (Fsp3) is 0.691. The predicted molar refractivity (Wildman–Crippen MR) is 320 cm³/mol. The van der Waals surface area contributed by atoms with Gasteiger partial charge in [0.1, 0.15) is 13.2 Å². The van der Waals surface area contributed by atoms with E-state index in [2.05, 4.69) is 130 Å². The standard InChI is InChI=1S/C68H114O6/c1-4-7-10-13-16-19-22-24-26-27-28-29-30-31-32-33-34-35-36-37-38-39-40-41-42-44-46-49-52-55-58-61-67(70)73-64-65(63-72-66(69)60-57-54-51-48-45-21-18-15-12-9-6-3)74-68(71)62-59-56-53-50-47-43-25-23-20-17-14-11-8-5-2/h7,10,14-19,23-26,28-29,31-32,34-35,65H,4-6,8-9,11-13,20-22,27,30,33,36-64H2,1-3H3/b10-7-,17-14-,18-15-,19-16-,25-23-,26-24-,29-28-,32-31-,35-34-. The number of hydrogen-bond acceptors (Lipinski definition) is 6. The lowest BCUT2D eigenvalue weighted by Crippen LogP contribution is -2.30. The minimum atomic E-state index is -0.789. The Morgan fingerprint density at radius 3 is 0.838 bits per heavy atom. The fourth-order valence-electron chi connectivity index (χ4n) is 8.33. The molecule has 6 heteroatoms. The van der Waals surface area contributed by atoms with Gasteiger partial charge in [0.25, 0.3) is 0 Å². The molecule has 0 aliphatic rings. The summed E-state index contributed by atoms with van der Waals surface area (Å²) in [7, 11) is 0. The average molecular weight is 1030 g/mol. The van der Waals surface area contributed by atoms with Crippen LogP contribution in [0.4, 0.5) is 0 Å². The van der Waals surface area contributed by atoms with Crippen molar-refractivity contribution in [1.82, 2.24) is 0 Å². The first-order valence-corrected chi connectivity index (χ1v) is 30.9. The minimum absolute atomic E-state index is 0.0870. The Hall–Kier alpha value is -3.93. The number of allylic oxidation sites excluding steroid dienone is 18. The molecular weight excluding hydrogens is 913 g/mol. The minimum Gasteiger partial charge on any atom is -0.462 e. The Bertz CT molecular complexity index is 1510. The Labute approximate surface area is 457 Å². The third-order valence-electron chi connectivity index (χ3n) is 13.0. The van der Waals surface area contributed by atoms with E-state index in [1.807, 2.05) is 0 Å². The molecule has 0 saturated heterocycles. The molecule has 0 aromatic carbocycles. The van der Waals surface area contributed by atoms with Crippen molar-refractivity contribution in [2.45, 2.75) is 290 Å².